The van der Waals surface area contributed by atoms with Crippen molar-refractivity contribution in [2.75, 3.05) is 32.7 Å². The highest BCUT2D eigenvalue weighted by Gasteiger charge is 2.25. The number of aromatic nitrogens is 1. The van der Waals surface area contributed by atoms with Crippen molar-refractivity contribution >= 4 is 12.0 Å². The van der Waals surface area contributed by atoms with Gasteiger partial charge >= 0.3 is 0 Å². The van der Waals surface area contributed by atoms with Crippen LogP contribution in [-0.2, 0) is 6.61 Å². The maximum Gasteiger partial charge on any atom is 0.292 e. The second-order valence-corrected chi connectivity index (χ2v) is 7.21. The van der Waals surface area contributed by atoms with Crippen LogP contribution in [0, 0.1) is 0 Å². The van der Waals surface area contributed by atoms with Crippen molar-refractivity contribution in [3.8, 4) is 5.88 Å². The van der Waals surface area contributed by atoms with E-state index in [0.717, 1.165) is 25.2 Å². The molecule has 0 unspecified atom stereocenters. The minimum Gasteiger partial charge on any atom is -0.471 e. The van der Waals surface area contributed by atoms with Crippen LogP contribution >= 0.6 is 0 Å². The topological polar surface area (TPSA) is 58.8 Å². The Hall–Kier alpha value is -3.38. The zero-order valence-electron chi connectivity index (χ0n) is 16.8. The molecule has 1 aliphatic rings. The Morgan fingerprint density at radius 2 is 1.70 bits per heavy atom. The summed E-state index contributed by atoms with van der Waals surface area (Å²) in [5, 5.41) is 3.87. The molecule has 0 bridgehead atoms. The Balaban J connectivity index is 1.23. The second kappa shape index (κ2) is 9.89. The molecule has 2 heterocycles. The number of carbonyl (C=O) groups is 1. The van der Waals surface area contributed by atoms with Gasteiger partial charge in [-0.05, 0) is 16.3 Å². The van der Waals surface area contributed by atoms with Crippen LogP contribution in [0.1, 0.15) is 21.7 Å². The van der Waals surface area contributed by atoms with Gasteiger partial charge in [-0.1, -0.05) is 72.8 Å². The summed E-state index contributed by atoms with van der Waals surface area (Å²) in [5.74, 6) is 0.402. The maximum atomic E-state index is 12.7. The number of rotatable bonds is 7. The van der Waals surface area contributed by atoms with Crippen LogP contribution in [0.3, 0.4) is 0 Å². The first-order valence-corrected chi connectivity index (χ1v) is 10.1. The molecule has 1 fully saturated rings. The maximum absolute atomic E-state index is 12.7. The smallest absolute Gasteiger partial charge is 0.292 e. The van der Waals surface area contributed by atoms with Gasteiger partial charge in [0, 0.05) is 32.7 Å². The SMILES string of the molecule is O=C(c1cc(OCc2ccccc2)no1)N1CCN(C/C=C/c2ccccc2)CC1. The van der Waals surface area contributed by atoms with Gasteiger partial charge in [-0.25, -0.2) is 0 Å². The summed E-state index contributed by atoms with van der Waals surface area (Å²) >= 11 is 0. The first kappa shape index (κ1) is 19.9. The van der Waals surface area contributed by atoms with E-state index in [4.69, 9.17) is 9.26 Å². The number of amides is 1. The number of benzene rings is 2. The van der Waals surface area contributed by atoms with Gasteiger partial charge in [0.2, 0.25) is 5.76 Å². The third-order valence-electron chi connectivity index (χ3n) is 5.06. The molecule has 30 heavy (non-hydrogen) atoms. The van der Waals surface area contributed by atoms with E-state index < -0.39 is 0 Å². The third kappa shape index (κ3) is 5.36. The normalized spacial score (nSPS) is 14.9. The summed E-state index contributed by atoms with van der Waals surface area (Å²) in [4.78, 5) is 16.8. The molecule has 1 saturated heterocycles. The van der Waals surface area contributed by atoms with E-state index in [1.807, 2.05) is 48.5 Å². The first-order valence-electron chi connectivity index (χ1n) is 10.1. The van der Waals surface area contributed by atoms with Gasteiger partial charge in [0.25, 0.3) is 11.8 Å². The number of hydrogen-bond donors (Lipinski definition) is 0. The summed E-state index contributed by atoms with van der Waals surface area (Å²) in [6, 6.07) is 21.6. The molecular formula is C24H25N3O3. The summed E-state index contributed by atoms with van der Waals surface area (Å²) in [6.45, 7) is 4.25. The lowest BCUT2D eigenvalue weighted by molar-refractivity contribution is 0.0609. The van der Waals surface area contributed by atoms with Crippen LogP contribution in [0.15, 0.2) is 77.3 Å². The molecule has 0 N–H and O–H groups in total. The fourth-order valence-electron chi connectivity index (χ4n) is 3.35. The standard InChI is InChI=1S/C24H25N3O3/c28-24(22-18-23(25-30-22)29-19-21-10-5-2-6-11-21)27-16-14-26(15-17-27)13-7-12-20-8-3-1-4-9-20/h1-12,18H,13-17,19H2/b12-7+. The van der Waals surface area contributed by atoms with Gasteiger partial charge in [0.05, 0.1) is 6.07 Å². The highest BCUT2D eigenvalue weighted by Crippen LogP contribution is 2.16. The number of nitrogens with zero attached hydrogens (tertiary/aromatic N) is 3. The van der Waals surface area contributed by atoms with Crippen LogP contribution in [0.2, 0.25) is 0 Å². The monoisotopic (exact) mass is 403 g/mol. The predicted molar refractivity (Wildman–Crippen MR) is 115 cm³/mol. The van der Waals surface area contributed by atoms with Crippen LogP contribution in [0.5, 0.6) is 5.88 Å². The molecule has 1 amide bonds. The summed E-state index contributed by atoms with van der Waals surface area (Å²) < 4.78 is 10.8. The molecule has 3 aromatic rings. The van der Waals surface area contributed by atoms with Crippen molar-refractivity contribution in [1.29, 1.82) is 0 Å². The Morgan fingerprint density at radius 3 is 2.43 bits per heavy atom. The number of carbonyl (C=O) groups excluding carboxylic acids is 1. The van der Waals surface area contributed by atoms with Gasteiger partial charge in [-0.3, -0.25) is 9.69 Å². The van der Waals surface area contributed by atoms with Crippen LogP contribution < -0.4 is 4.74 Å². The van der Waals surface area contributed by atoms with Gasteiger partial charge < -0.3 is 14.2 Å². The number of piperazine rings is 1. The van der Waals surface area contributed by atoms with Crippen molar-refractivity contribution in [2.24, 2.45) is 0 Å². The molecule has 0 aliphatic carbocycles. The van der Waals surface area contributed by atoms with Crippen molar-refractivity contribution in [3.63, 3.8) is 0 Å². The molecule has 0 radical (unpaired) electrons. The molecule has 0 saturated carbocycles. The molecule has 0 spiro atoms. The van der Waals surface area contributed by atoms with Crippen molar-refractivity contribution in [3.05, 3.63) is 89.7 Å². The highest BCUT2D eigenvalue weighted by molar-refractivity contribution is 5.91. The van der Waals surface area contributed by atoms with E-state index in [1.54, 1.807) is 11.0 Å². The van der Waals surface area contributed by atoms with E-state index in [-0.39, 0.29) is 11.7 Å². The lowest BCUT2D eigenvalue weighted by Crippen LogP contribution is -2.48. The highest BCUT2D eigenvalue weighted by atomic mass is 16.5. The molecule has 6 heteroatoms. The molecular weight excluding hydrogens is 378 g/mol. The van der Waals surface area contributed by atoms with Crippen molar-refractivity contribution < 1.29 is 14.1 Å². The minimum absolute atomic E-state index is 0.142. The quantitative estimate of drug-likeness (QED) is 0.602. The minimum atomic E-state index is -0.142. The summed E-state index contributed by atoms with van der Waals surface area (Å²) in [6.07, 6.45) is 4.29. The first-order chi connectivity index (χ1) is 14.8. The second-order valence-electron chi connectivity index (χ2n) is 7.21. The van der Waals surface area contributed by atoms with Gasteiger partial charge in [-0.2, -0.15) is 0 Å². The number of ether oxygens (including phenoxy) is 1. The third-order valence-corrected chi connectivity index (χ3v) is 5.06. The van der Waals surface area contributed by atoms with Crippen molar-refractivity contribution in [2.45, 2.75) is 6.61 Å². The van der Waals surface area contributed by atoms with Crippen LogP contribution in [0.4, 0.5) is 0 Å². The van der Waals surface area contributed by atoms with Gasteiger partial charge in [0.15, 0.2) is 0 Å². The van der Waals surface area contributed by atoms with Crippen LogP contribution in [0.25, 0.3) is 6.08 Å². The van der Waals surface area contributed by atoms with E-state index in [1.165, 1.54) is 5.56 Å². The van der Waals surface area contributed by atoms with Crippen molar-refractivity contribution in [1.82, 2.24) is 15.0 Å². The fraction of sp³-hybridized carbons (Fsp3) is 0.250. The lowest BCUT2D eigenvalue weighted by atomic mass is 10.2. The zero-order chi connectivity index (χ0) is 20.6. The summed E-state index contributed by atoms with van der Waals surface area (Å²) in [5.41, 5.74) is 2.23. The molecule has 2 aromatic carbocycles. The van der Waals surface area contributed by atoms with Gasteiger partial charge in [-0.15, -0.1) is 0 Å². The van der Waals surface area contributed by atoms with Crippen LogP contribution in [-0.4, -0.2) is 53.6 Å². The number of hydrogen-bond acceptors (Lipinski definition) is 5. The van der Waals surface area contributed by atoms with E-state index in [2.05, 4.69) is 34.3 Å². The zero-order valence-corrected chi connectivity index (χ0v) is 16.8. The Labute approximate surface area is 176 Å². The average molecular weight is 403 g/mol. The average Bonchev–Trinajstić information content (AvgIpc) is 3.28. The molecule has 1 aliphatic heterocycles. The predicted octanol–water partition coefficient (Wildman–Crippen LogP) is 3.72. The Bertz CT molecular complexity index is 962. The largest absolute Gasteiger partial charge is 0.471 e. The molecule has 154 valence electrons. The Morgan fingerprint density at radius 1 is 1.00 bits per heavy atom. The molecule has 1 aromatic heterocycles. The van der Waals surface area contributed by atoms with E-state index in [9.17, 15) is 4.79 Å². The summed E-state index contributed by atoms with van der Waals surface area (Å²) in [7, 11) is 0. The molecule has 6 nitrogen and oxygen atoms in total. The Kier molecular flexibility index (Phi) is 6.57. The molecule has 4 rings (SSSR count). The van der Waals surface area contributed by atoms with E-state index in [0.29, 0.717) is 25.6 Å². The molecule has 0 atom stereocenters. The fourth-order valence-corrected chi connectivity index (χ4v) is 3.35. The lowest BCUT2D eigenvalue weighted by Gasteiger charge is -2.33. The van der Waals surface area contributed by atoms with E-state index >= 15 is 0 Å². The van der Waals surface area contributed by atoms with Gasteiger partial charge in [0.1, 0.15) is 6.61 Å².